The number of para-hydroxylation sites is 1. The highest BCUT2D eigenvalue weighted by Crippen LogP contribution is 2.30. The summed E-state index contributed by atoms with van der Waals surface area (Å²) in [4.78, 5) is 29.7. The van der Waals surface area contributed by atoms with Crippen molar-refractivity contribution in [3.63, 3.8) is 0 Å². The summed E-state index contributed by atoms with van der Waals surface area (Å²) in [5.41, 5.74) is 1.42. The molecule has 6 nitrogen and oxygen atoms in total. The SMILES string of the molecule is CCN(CC1CC1)C(=O)c1cnn2c1[nH]c(=O)c1ccccc12. The van der Waals surface area contributed by atoms with Crippen LogP contribution in [0.2, 0.25) is 0 Å². The fourth-order valence-electron chi connectivity index (χ4n) is 2.97. The molecule has 1 aliphatic carbocycles. The molecule has 1 N–H and O–H groups in total. The van der Waals surface area contributed by atoms with Gasteiger partial charge in [0.25, 0.3) is 11.5 Å². The van der Waals surface area contributed by atoms with Gasteiger partial charge in [-0.2, -0.15) is 5.10 Å². The van der Waals surface area contributed by atoms with Crippen LogP contribution in [0, 0.1) is 5.92 Å². The quantitative estimate of drug-likeness (QED) is 0.801. The number of carbonyl (C=O) groups excluding carboxylic acids is 1. The maximum atomic E-state index is 12.8. The molecule has 118 valence electrons. The Balaban J connectivity index is 1.84. The van der Waals surface area contributed by atoms with Gasteiger partial charge < -0.3 is 9.88 Å². The summed E-state index contributed by atoms with van der Waals surface area (Å²) < 4.78 is 1.63. The van der Waals surface area contributed by atoms with E-state index in [1.165, 1.54) is 12.8 Å². The van der Waals surface area contributed by atoms with Gasteiger partial charge >= 0.3 is 0 Å². The van der Waals surface area contributed by atoms with Gasteiger partial charge in [-0.05, 0) is 37.8 Å². The molecule has 0 atom stereocenters. The Labute approximate surface area is 132 Å². The van der Waals surface area contributed by atoms with Gasteiger partial charge in [0.2, 0.25) is 0 Å². The minimum atomic E-state index is -0.201. The van der Waals surface area contributed by atoms with Crippen LogP contribution in [0.3, 0.4) is 0 Å². The molecule has 0 aliphatic heterocycles. The molecular formula is C17H18N4O2. The van der Waals surface area contributed by atoms with E-state index in [-0.39, 0.29) is 11.5 Å². The molecule has 1 saturated carbocycles. The van der Waals surface area contributed by atoms with E-state index >= 15 is 0 Å². The van der Waals surface area contributed by atoms with Crippen LogP contribution in [0.15, 0.2) is 35.3 Å². The van der Waals surface area contributed by atoms with Crippen molar-refractivity contribution in [2.24, 2.45) is 5.92 Å². The van der Waals surface area contributed by atoms with Crippen LogP contribution in [-0.4, -0.2) is 38.5 Å². The maximum absolute atomic E-state index is 12.8. The summed E-state index contributed by atoms with van der Waals surface area (Å²) in [6.07, 6.45) is 3.94. The first-order chi connectivity index (χ1) is 11.2. The van der Waals surface area contributed by atoms with Gasteiger partial charge in [0.15, 0.2) is 0 Å². The van der Waals surface area contributed by atoms with Gasteiger partial charge in [-0.15, -0.1) is 0 Å². The molecule has 3 aromatic rings. The lowest BCUT2D eigenvalue weighted by Crippen LogP contribution is -2.32. The second kappa shape index (κ2) is 5.22. The monoisotopic (exact) mass is 310 g/mol. The lowest BCUT2D eigenvalue weighted by Gasteiger charge is -2.19. The van der Waals surface area contributed by atoms with Gasteiger partial charge in [-0.3, -0.25) is 9.59 Å². The summed E-state index contributed by atoms with van der Waals surface area (Å²) in [6.45, 7) is 3.42. The molecule has 4 rings (SSSR count). The summed E-state index contributed by atoms with van der Waals surface area (Å²) in [6, 6.07) is 7.26. The van der Waals surface area contributed by atoms with E-state index in [0.717, 1.165) is 6.54 Å². The van der Waals surface area contributed by atoms with Crippen LogP contribution in [0.4, 0.5) is 0 Å². The van der Waals surface area contributed by atoms with Gasteiger partial charge in [0.1, 0.15) is 11.2 Å². The van der Waals surface area contributed by atoms with Crippen LogP contribution in [0.5, 0.6) is 0 Å². The zero-order valence-corrected chi connectivity index (χ0v) is 13.0. The van der Waals surface area contributed by atoms with E-state index in [2.05, 4.69) is 10.1 Å². The predicted molar refractivity (Wildman–Crippen MR) is 87.6 cm³/mol. The average molecular weight is 310 g/mol. The Hall–Kier alpha value is -2.63. The number of aromatic amines is 1. The molecule has 0 radical (unpaired) electrons. The number of nitrogens with zero attached hydrogens (tertiary/aromatic N) is 3. The van der Waals surface area contributed by atoms with Gasteiger partial charge in [0.05, 0.1) is 17.1 Å². The number of amides is 1. The van der Waals surface area contributed by atoms with Crippen LogP contribution in [0.1, 0.15) is 30.1 Å². The zero-order chi connectivity index (χ0) is 16.0. The van der Waals surface area contributed by atoms with Crippen LogP contribution in [0.25, 0.3) is 16.6 Å². The molecule has 1 aromatic carbocycles. The Morgan fingerprint density at radius 1 is 1.39 bits per heavy atom. The number of H-pyrrole nitrogens is 1. The van der Waals surface area contributed by atoms with E-state index in [1.807, 2.05) is 30.0 Å². The molecular weight excluding hydrogens is 292 g/mol. The maximum Gasteiger partial charge on any atom is 0.259 e. The second-order valence-corrected chi connectivity index (χ2v) is 6.08. The molecule has 0 unspecified atom stereocenters. The van der Waals surface area contributed by atoms with E-state index in [9.17, 15) is 9.59 Å². The molecule has 1 amide bonds. The lowest BCUT2D eigenvalue weighted by atomic mass is 10.2. The number of fused-ring (bicyclic) bond motifs is 3. The van der Waals surface area contributed by atoms with E-state index in [1.54, 1.807) is 16.8 Å². The Kier molecular flexibility index (Phi) is 3.18. The van der Waals surface area contributed by atoms with Crippen molar-refractivity contribution < 1.29 is 4.79 Å². The van der Waals surface area contributed by atoms with Crippen molar-refractivity contribution in [3.8, 4) is 0 Å². The minimum absolute atomic E-state index is 0.0691. The molecule has 0 bridgehead atoms. The largest absolute Gasteiger partial charge is 0.338 e. The number of carbonyl (C=O) groups is 1. The highest BCUT2D eigenvalue weighted by atomic mass is 16.2. The third-order valence-corrected chi connectivity index (χ3v) is 4.45. The van der Waals surface area contributed by atoms with E-state index in [4.69, 9.17) is 0 Å². The number of aromatic nitrogens is 3. The first kappa shape index (κ1) is 14.0. The minimum Gasteiger partial charge on any atom is -0.338 e. The Morgan fingerprint density at radius 2 is 2.17 bits per heavy atom. The van der Waals surface area contributed by atoms with Crippen molar-refractivity contribution in [3.05, 3.63) is 46.4 Å². The average Bonchev–Trinajstić information content (AvgIpc) is 3.30. The van der Waals surface area contributed by atoms with Crippen molar-refractivity contribution in [2.45, 2.75) is 19.8 Å². The lowest BCUT2D eigenvalue weighted by molar-refractivity contribution is 0.0758. The Morgan fingerprint density at radius 3 is 2.91 bits per heavy atom. The number of hydrogen-bond donors (Lipinski definition) is 1. The summed E-state index contributed by atoms with van der Waals surface area (Å²) in [5, 5.41) is 4.88. The predicted octanol–water partition coefficient (Wildman–Crippen LogP) is 2.05. The van der Waals surface area contributed by atoms with Gasteiger partial charge in [0, 0.05) is 13.1 Å². The topological polar surface area (TPSA) is 70.5 Å². The van der Waals surface area contributed by atoms with Crippen LogP contribution >= 0.6 is 0 Å². The summed E-state index contributed by atoms with van der Waals surface area (Å²) in [5.74, 6) is 0.556. The number of hydrogen-bond acceptors (Lipinski definition) is 3. The number of benzene rings is 1. The smallest absolute Gasteiger partial charge is 0.259 e. The summed E-state index contributed by atoms with van der Waals surface area (Å²) in [7, 11) is 0. The fourth-order valence-corrected chi connectivity index (χ4v) is 2.97. The van der Waals surface area contributed by atoms with Crippen LogP contribution in [-0.2, 0) is 0 Å². The highest BCUT2D eigenvalue weighted by Gasteiger charge is 2.28. The third kappa shape index (κ3) is 2.30. The van der Waals surface area contributed by atoms with Crippen LogP contribution < -0.4 is 5.56 Å². The Bertz CT molecular complexity index is 952. The fraction of sp³-hybridized carbons (Fsp3) is 0.353. The van der Waals surface area contributed by atoms with Gasteiger partial charge in [-0.25, -0.2) is 4.52 Å². The van der Waals surface area contributed by atoms with E-state index in [0.29, 0.717) is 34.6 Å². The third-order valence-electron chi connectivity index (χ3n) is 4.45. The summed E-state index contributed by atoms with van der Waals surface area (Å²) >= 11 is 0. The van der Waals surface area contributed by atoms with E-state index < -0.39 is 0 Å². The zero-order valence-electron chi connectivity index (χ0n) is 13.0. The standard InChI is InChI=1S/C17H18N4O2/c1-2-20(10-11-7-8-11)17(23)13-9-18-21-14-6-4-3-5-12(14)16(22)19-15(13)21/h3-6,9,11H,2,7-8,10H2,1H3,(H,19,22). The van der Waals surface area contributed by atoms with Crippen molar-refractivity contribution in [1.29, 1.82) is 0 Å². The molecule has 1 aliphatic rings. The molecule has 0 spiro atoms. The first-order valence-corrected chi connectivity index (χ1v) is 7.97. The van der Waals surface area contributed by atoms with Crippen molar-refractivity contribution >= 4 is 22.5 Å². The molecule has 0 saturated heterocycles. The first-order valence-electron chi connectivity index (χ1n) is 7.97. The number of rotatable bonds is 4. The molecule has 2 aromatic heterocycles. The van der Waals surface area contributed by atoms with Gasteiger partial charge in [-0.1, -0.05) is 12.1 Å². The van der Waals surface area contributed by atoms with Crippen molar-refractivity contribution in [2.75, 3.05) is 13.1 Å². The molecule has 1 fully saturated rings. The molecule has 23 heavy (non-hydrogen) atoms. The molecule has 2 heterocycles. The highest BCUT2D eigenvalue weighted by molar-refractivity contribution is 6.00. The van der Waals surface area contributed by atoms with Crippen molar-refractivity contribution in [1.82, 2.24) is 19.5 Å². The molecule has 6 heteroatoms. The second-order valence-electron chi connectivity index (χ2n) is 6.08. The number of nitrogens with one attached hydrogen (secondary N) is 1. The normalized spacial score (nSPS) is 14.5.